The standard InChI is InChI=1S/C10H12N2O/c1-7(2)13-9-4-8(3)10(5-11)12-6-9/h4,6-7H,1-3H3. The van der Waals surface area contributed by atoms with Crippen LogP contribution in [0, 0.1) is 18.3 Å². The zero-order valence-electron chi connectivity index (χ0n) is 8.03. The molecular weight excluding hydrogens is 164 g/mol. The summed E-state index contributed by atoms with van der Waals surface area (Å²) < 4.78 is 5.42. The van der Waals surface area contributed by atoms with Crippen LogP contribution in [0.5, 0.6) is 5.75 Å². The van der Waals surface area contributed by atoms with Crippen molar-refractivity contribution in [2.45, 2.75) is 26.9 Å². The Bertz CT molecular complexity index is 339. The number of hydrogen-bond donors (Lipinski definition) is 0. The van der Waals surface area contributed by atoms with Crippen LogP contribution in [0.25, 0.3) is 0 Å². The van der Waals surface area contributed by atoms with E-state index in [1.54, 1.807) is 6.20 Å². The zero-order chi connectivity index (χ0) is 9.84. The highest BCUT2D eigenvalue weighted by molar-refractivity contribution is 5.35. The lowest BCUT2D eigenvalue weighted by Crippen LogP contribution is -2.06. The van der Waals surface area contributed by atoms with Crippen molar-refractivity contribution >= 4 is 0 Å². The van der Waals surface area contributed by atoms with Gasteiger partial charge < -0.3 is 4.74 Å². The van der Waals surface area contributed by atoms with E-state index < -0.39 is 0 Å². The molecule has 0 bridgehead atoms. The summed E-state index contributed by atoms with van der Waals surface area (Å²) in [7, 11) is 0. The lowest BCUT2D eigenvalue weighted by molar-refractivity contribution is 0.241. The van der Waals surface area contributed by atoms with Crippen molar-refractivity contribution in [3.05, 3.63) is 23.5 Å². The third kappa shape index (κ3) is 2.45. The van der Waals surface area contributed by atoms with Gasteiger partial charge in [0.1, 0.15) is 17.5 Å². The van der Waals surface area contributed by atoms with Gasteiger partial charge in [-0.2, -0.15) is 5.26 Å². The molecule has 0 unspecified atom stereocenters. The average Bonchev–Trinajstić information content (AvgIpc) is 2.03. The molecule has 0 aliphatic carbocycles. The van der Waals surface area contributed by atoms with Gasteiger partial charge in [0.15, 0.2) is 0 Å². The fourth-order valence-corrected chi connectivity index (χ4v) is 1.00. The fraction of sp³-hybridized carbons (Fsp3) is 0.400. The molecule has 0 amide bonds. The van der Waals surface area contributed by atoms with Gasteiger partial charge in [-0.1, -0.05) is 0 Å². The van der Waals surface area contributed by atoms with E-state index in [1.165, 1.54) is 0 Å². The number of ether oxygens (including phenoxy) is 1. The van der Waals surface area contributed by atoms with Gasteiger partial charge in [-0.3, -0.25) is 0 Å². The van der Waals surface area contributed by atoms with Gasteiger partial charge in [0.25, 0.3) is 0 Å². The summed E-state index contributed by atoms with van der Waals surface area (Å²) in [6.45, 7) is 5.75. The molecular formula is C10H12N2O. The molecule has 3 nitrogen and oxygen atoms in total. The molecule has 1 aromatic heterocycles. The lowest BCUT2D eigenvalue weighted by atomic mass is 10.2. The van der Waals surface area contributed by atoms with Crippen molar-refractivity contribution in [2.75, 3.05) is 0 Å². The monoisotopic (exact) mass is 176 g/mol. The number of nitrogens with zero attached hydrogens (tertiary/aromatic N) is 2. The van der Waals surface area contributed by atoms with Crippen molar-refractivity contribution in [2.24, 2.45) is 0 Å². The maximum atomic E-state index is 8.64. The molecule has 1 heterocycles. The lowest BCUT2D eigenvalue weighted by Gasteiger charge is -2.09. The second-order valence-corrected chi connectivity index (χ2v) is 3.11. The molecule has 0 N–H and O–H groups in total. The first kappa shape index (κ1) is 9.53. The van der Waals surface area contributed by atoms with Crippen LogP contribution in [-0.2, 0) is 0 Å². The largest absolute Gasteiger partial charge is 0.489 e. The molecule has 0 aromatic carbocycles. The van der Waals surface area contributed by atoms with E-state index in [2.05, 4.69) is 4.98 Å². The van der Waals surface area contributed by atoms with Crippen molar-refractivity contribution in [3.8, 4) is 11.8 Å². The number of aromatic nitrogens is 1. The highest BCUT2D eigenvalue weighted by Gasteiger charge is 2.02. The SMILES string of the molecule is Cc1cc(OC(C)C)cnc1C#N. The van der Waals surface area contributed by atoms with Crippen molar-refractivity contribution in [3.63, 3.8) is 0 Å². The summed E-state index contributed by atoms with van der Waals surface area (Å²) >= 11 is 0. The Balaban J connectivity index is 2.91. The number of hydrogen-bond acceptors (Lipinski definition) is 3. The molecule has 13 heavy (non-hydrogen) atoms. The molecule has 68 valence electrons. The fourth-order valence-electron chi connectivity index (χ4n) is 1.00. The van der Waals surface area contributed by atoms with E-state index in [9.17, 15) is 0 Å². The van der Waals surface area contributed by atoms with Crippen molar-refractivity contribution in [1.29, 1.82) is 5.26 Å². The highest BCUT2D eigenvalue weighted by atomic mass is 16.5. The van der Waals surface area contributed by atoms with Gasteiger partial charge in [-0.05, 0) is 32.4 Å². The molecule has 3 heteroatoms. The first-order valence-electron chi connectivity index (χ1n) is 4.17. The van der Waals surface area contributed by atoms with Crippen LogP contribution in [-0.4, -0.2) is 11.1 Å². The molecule has 0 aliphatic rings. The minimum atomic E-state index is 0.133. The Morgan fingerprint density at radius 1 is 1.54 bits per heavy atom. The average molecular weight is 176 g/mol. The van der Waals surface area contributed by atoms with Crippen LogP contribution >= 0.6 is 0 Å². The summed E-state index contributed by atoms with van der Waals surface area (Å²) in [6, 6.07) is 3.83. The van der Waals surface area contributed by atoms with E-state index in [0.717, 1.165) is 5.56 Å². The molecule has 0 saturated heterocycles. The Labute approximate surface area is 78.0 Å². The Morgan fingerprint density at radius 3 is 2.69 bits per heavy atom. The minimum Gasteiger partial charge on any atom is -0.489 e. The summed E-state index contributed by atoms with van der Waals surface area (Å²) in [4.78, 5) is 3.96. The number of pyridine rings is 1. The van der Waals surface area contributed by atoms with Crippen LogP contribution in [0.4, 0.5) is 0 Å². The maximum Gasteiger partial charge on any atom is 0.143 e. The van der Waals surface area contributed by atoms with Crippen LogP contribution in [0.3, 0.4) is 0 Å². The van der Waals surface area contributed by atoms with E-state index >= 15 is 0 Å². The van der Waals surface area contributed by atoms with E-state index in [1.807, 2.05) is 32.9 Å². The van der Waals surface area contributed by atoms with E-state index in [0.29, 0.717) is 11.4 Å². The summed E-state index contributed by atoms with van der Waals surface area (Å²) in [5.74, 6) is 0.714. The molecule has 1 aromatic rings. The summed E-state index contributed by atoms with van der Waals surface area (Å²) in [5, 5.41) is 8.64. The van der Waals surface area contributed by atoms with Gasteiger partial charge in [0.05, 0.1) is 12.3 Å². The van der Waals surface area contributed by atoms with Crippen molar-refractivity contribution in [1.82, 2.24) is 4.98 Å². The summed E-state index contributed by atoms with van der Waals surface area (Å²) in [5.41, 5.74) is 1.30. The molecule has 0 spiro atoms. The van der Waals surface area contributed by atoms with Crippen LogP contribution in [0.1, 0.15) is 25.1 Å². The Hall–Kier alpha value is -1.56. The van der Waals surface area contributed by atoms with Crippen LogP contribution in [0.15, 0.2) is 12.3 Å². The molecule has 0 fully saturated rings. The maximum absolute atomic E-state index is 8.64. The number of rotatable bonds is 2. The van der Waals surface area contributed by atoms with Crippen LogP contribution in [0.2, 0.25) is 0 Å². The van der Waals surface area contributed by atoms with E-state index in [4.69, 9.17) is 10.00 Å². The number of aryl methyl sites for hydroxylation is 1. The Morgan fingerprint density at radius 2 is 2.23 bits per heavy atom. The number of nitriles is 1. The van der Waals surface area contributed by atoms with Gasteiger partial charge in [-0.25, -0.2) is 4.98 Å². The third-order valence-electron chi connectivity index (χ3n) is 1.53. The van der Waals surface area contributed by atoms with Crippen LogP contribution < -0.4 is 4.74 Å². The topological polar surface area (TPSA) is 45.9 Å². The van der Waals surface area contributed by atoms with Gasteiger partial charge in [-0.15, -0.1) is 0 Å². The molecule has 0 saturated carbocycles. The minimum absolute atomic E-state index is 0.133. The summed E-state index contributed by atoms with van der Waals surface area (Å²) in [6.07, 6.45) is 1.71. The quantitative estimate of drug-likeness (QED) is 0.692. The highest BCUT2D eigenvalue weighted by Crippen LogP contribution is 2.14. The predicted molar refractivity (Wildman–Crippen MR) is 49.5 cm³/mol. The molecule has 0 atom stereocenters. The third-order valence-corrected chi connectivity index (χ3v) is 1.53. The first-order chi connectivity index (χ1) is 6.13. The van der Waals surface area contributed by atoms with Gasteiger partial charge in [0.2, 0.25) is 0 Å². The molecule has 0 aliphatic heterocycles. The first-order valence-corrected chi connectivity index (χ1v) is 4.17. The van der Waals surface area contributed by atoms with Gasteiger partial charge in [0, 0.05) is 0 Å². The second kappa shape index (κ2) is 3.90. The molecule has 1 rings (SSSR count). The van der Waals surface area contributed by atoms with Gasteiger partial charge >= 0.3 is 0 Å². The second-order valence-electron chi connectivity index (χ2n) is 3.11. The normalized spacial score (nSPS) is 9.77. The predicted octanol–water partition coefficient (Wildman–Crippen LogP) is 2.05. The van der Waals surface area contributed by atoms with Crippen molar-refractivity contribution < 1.29 is 4.74 Å². The Kier molecular flexibility index (Phi) is 2.86. The van der Waals surface area contributed by atoms with E-state index in [-0.39, 0.29) is 6.10 Å². The zero-order valence-corrected chi connectivity index (χ0v) is 8.03. The molecule has 0 radical (unpaired) electrons. The smallest absolute Gasteiger partial charge is 0.143 e.